The Morgan fingerprint density at radius 1 is 1.24 bits per heavy atom. The number of fused-ring (bicyclic) bond motifs is 1. The molecule has 4 heteroatoms. The third-order valence-corrected chi connectivity index (χ3v) is 3.63. The van der Waals surface area contributed by atoms with Crippen LogP contribution in [0.4, 0.5) is 0 Å². The Morgan fingerprint density at radius 2 is 2.00 bits per heavy atom. The van der Waals surface area contributed by atoms with Gasteiger partial charge in [0, 0.05) is 18.1 Å². The zero-order chi connectivity index (χ0) is 12.5. The summed E-state index contributed by atoms with van der Waals surface area (Å²) >= 11 is 0. The van der Waals surface area contributed by atoms with Crippen molar-refractivity contribution in [2.24, 2.45) is 10.7 Å². The van der Waals surface area contributed by atoms with E-state index in [-0.39, 0.29) is 5.54 Å². The van der Waals surface area contributed by atoms with Crippen molar-refractivity contribution in [3.05, 3.63) is 0 Å². The van der Waals surface area contributed by atoms with Crippen molar-refractivity contribution < 1.29 is 0 Å². The van der Waals surface area contributed by atoms with E-state index in [9.17, 15) is 0 Å². The molecule has 0 aromatic heterocycles. The van der Waals surface area contributed by atoms with Crippen LogP contribution in [0.15, 0.2) is 4.99 Å². The van der Waals surface area contributed by atoms with E-state index in [2.05, 4.69) is 36.0 Å². The second-order valence-electron chi connectivity index (χ2n) is 6.34. The third kappa shape index (κ3) is 3.35. The first kappa shape index (κ1) is 12.7. The monoisotopic (exact) mass is 238 g/mol. The molecule has 0 amide bonds. The molecule has 0 bridgehead atoms. The molecule has 4 nitrogen and oxygen atoms in total. The van der Waals surface area contributed by atoms with Crippen LogP contribution in [0.25, 0.3) is 0 Å². The van der Waals surface area contributed by atoms with Gasteiger partial charge in [0.1, 0.15) is 0 Å². The first-order chi connectivity index (χ1) is 7.96. The van der Waals surface area contributed by atoms with Crippen molar-refractivity contribution in [2.45, 2.75) is 64.1 Å². The molecular formula is C13H26N4. The topological polar surface area (TPSA) is 53.6 Å². The lowest BCUT2D eigenvalue weighted by atomic mass is 9.99. The smallest absolute Gasteiger partial charge is 0.189 e. The second-order valence-corrected chi connectivity index (χ2v) is 6.34. The lowest BCUT2D eigenvalue weighted by molar-refractivity contribution is 0.189. The standard InChI is InChI=1S/C13H26N4/c1-13(2,3)16-12(14)15-10-7-9-17-8-5-4-6-11(10)17/h10-11H,4-9H2,1-3H3,(H3,14,15,16). The fourth-order valence-corrected chi connectivity index (χ4v) is 2.97. The summed E-state index contributed by atoms with van der Waals surface area (Å²) in [5.74, 6) is 0.606. The molecule has 17 heavy (non-hydrogen) atoms. The molecule has 2 fully saturated rings. The van der Waals surface area contributed by atoms with Crippen LogP contribution in [0.3, 0.4) is 0 Å². The van der Waals surface area contributed by atoms with Gasteiger partial charge in [-0.1, -0.05) is 6.42 Å². The van der Waals surface area contributed by atoms with Gasteiger partial charge in [-0.2, -0.15) is 0 Å². The van der Waals surface area contributed by atoms with Gasteiger partial charge in [-0.15, -0.1) is 0 Å². The van der Waals surface area contributed by atoms with Crippen molar-refractivity contribution in [1.29, 1.82) is 0 Å². The molecule has 2 aliphatic rings. The van der Waals surface area contributed by atoms with Crippen molar-refractivity contribution in [1.82, 2.24) is 10.2 Å². The second kappa shape index (κ2) is 4.84. The van der Waals surface area contributed by atoms with Gasteiger partial charge in [0.05, 0.1) is 6.04 Å². The summed E-state index contributed by atoms with van der Waals surface area (Å²) in [7, 11) is 0. The molecule has 0 aromatic carbocycles. The van der Waals surface area contributed by atoms with E-state index in [1.807, 2.05) is 0 Å². The highest BCUT2D eigenvalue weighted by Gasteiger charge is 2.35. The van der Waals surface area contributed by atoms with Gasteiger partial charge in [-0.25, -0.2) is 4.99 Å². The highest BCUT2D eigenvalue weighted by molar-refractivity contribution is 5.78. The van der Waals surface area contributed by atoms with Gasteiger partial charge in [-0.05, 0) is 46.6 Å². The maximum Gasteiger partial charge on any atom is 0.189 e. The van der Waals surface area contributed by atoms with E-state index < -0.39 is 0 Å². The Kier molecular flexibility index (Phi) is 3.61. The van der Waals surface area contributed by atoms with Crippen molar-refractivity contribution >= 4 is 5.96 Å². The first-order valence-corrected chi connectivity index (χ1v) is 6.81. The van der Waals surface area contributed by atoms with E-state index >= 15 is 0 Å². The maximum atomic E-state index is 5.98. The normalized spacial score (nSPS) is 31.4. The molecule has 98 valence electrons. The quantitative estimate of drug-likeness (QED) is 0.535. The predicted molar refractivity (Wildman–Crippen MR) is 72.1 cm³/mol. The van der Waals surface area contributed by atoms with Gasteiger partial charge >= 0.3 is 0 Å². The number of nitrogens with zero attached hydrogens (tertiary/aromatic N) is 2. The minimum Gasteiger partial charge on any atom is -0.370 e. The van der Waals surface area contributed by atoms with E-state index in [0.717, 1.165) is 6.42 Å². The summed E-state index contributed by atoms with van der Waals surface area (Å²) in [5.41, 5.74) is 5.98. The summed E-state index contributed by atoms with van der Waals surface area (Å²) in [5, 5.41) is 3.25. The Morgan fingerprint density at radius 3 is 2.71 bits per heavy atom. The highest BCUT2D eigenvalue weighted by atomic mass is 15.2. The Labute approximate surface area is 105 Å². The Balaban J connectivity index is 1.96. The average Bonchev–Trinajstić information content (AvgIpc) is 2.59. The molecule has 2 atom stereocenters. The molecule has 0 aromatic rings. The number of nitrogens with two attached hydrogens (primary N) is 1. The maximum absolute atomic E-state index is 5.98. The van der Waals surface area contributed by atoms with Crippen LogP contribution in [-0.2, 0) is 0 Å². The molecule has 2 rings (SSSR count). The number of piperidine rings is 1. The largest absolute Gasteiger partial charge is 0.370 e. The summed E-state index contributed by atoms with van der Waals surface area (Å²) in [6.07, 6.45) is 5.15. The Hall–Kier alpha value is -0.770. The number of aliphatic imine (C=N–C) groups is 1. The van der Waals surface area contributed by atoms with Gasteiger partial charge in [0.15, 0.2) is 5.96 Å². The summed E-state index contributed by atoms with van der Waals surface area (Å²) in [6, 6.07) is 1.05. The van der Waals surface area contributed by atoms with Gasteiger partial charge in [0.2, 0.25) is 0 Å². The average molecular weight is 238 g/mol. The SMILES string of the molecule is CC(C)(C)NC(N)=NC1CCN2CCCCC12. The minimum absolute atomic E-state index is 0.00155. The van der Waals surface area contributed by atoms with E-state index in [4.69, 9.17) is 5.73 Å². The number of hydrogen-bond acceptors (Lipinski definition) is 2. The van der Waals surface area contributed by atoms with Crippen LogP contribution in [0.2, 0.25) is 0 Å². The van der Waals surface area contributed by atoms with Crippen LogP contribution in [0, 0.1) is 0 Å². The van der Waals surface area contributed by atoms with Crippen LogP contribution >= 0.6 is 0 Å². The molecule has 2 aliphatic heterocycles. The van der Waals surface area contributed by atoms with E-state index in [1.165, 1.54) is 32.4 Å². The minimum atomic E-state index is -0.00155. The number of nitrogens with one attached hydrogen (secondary N) is 1. The van der Waals surface area contributed by atoms with Crippen molar-refractivity contribution in [2.75, 3.05) is 13.1 Å². The molecule has 0 saturated carbocycles. The number of guanidine groups is 1. The molecule has 2 saturated heterocycles. The van der Waals surface area contributed by atoms with Crippen LogP contribution < -0.4 is 11.1 Å². The zero-order valence-electron chi connectivity index (χ0n) is 11.4. The fraction of sp³-hybridized carbons (Fsp3) is 0.923. The fourth-order valence-electron chi connectivity index (χ4n) is 2.97. The van der Waals surface area contributed by atoms with E-state index in [0.29, 0.717) is 18.0 Å². The molecule has 2 unspecified atom stereocenters. The molecule has 0 radical (unpaired) electrons. The molecule has 0 aliphatic carbocycles. The van der Waals surface area contributed by atoms with Crippen LogP contribution in [0.1, 0.15) is 46.5 Å². The van der Waals surface area contributed by atoms with Gasteiger partial charge in [-0.3, -0.25) is 4.90 Å². The van der Waals surface area contributed by atoms with E-state index in [1.54, 1.807) is 0 Å². The van der Waals surface area contributed by atoms with Crippen LogP contribution in [-0.4, -0.2) is 41.6 Å². The first-order valence-electron chi connectivity index (χ1n) is 6.81. The lowest BCUT2D eigenvalue weighted by Gasteiger charge is -2.31. The van der Waals surface area contributed by atoms with Crippen molar-refractivity contribution in [3.8, 4) is 0 Å². The Bertz CT molecular complexity index is 292. The van der Waals surface area contributed by atoms with Gasteiger partial charge < -0.3 is 11.1 Å². The summed E-state index contributed by atoms with van der Waals surface area (Å²) in [6.45, 7) is 8.77. The molecule has 2 heterocycles. The van der Waals surface area contributed by atoms with Crippen molar-refractivity contribution in [3.63, 3.8) is 0 Å². The summed E-state index contributed by atoms with van der Waals surface area (Å²) < 4.78 is 0. The predicted octanol–water partition coefficient (Wildman–Crippen LogP) is 1.32. The molecule has 3 N–H and O–H groups in total. The highest BCUT2D eigenvalue weighted by Crippen LogP contribution is 2.29. The van der Waals surface area contributed by atoms with Crippen LogP contribution in [0.5, 0.6) is 0 Å². The molecule has 0 spiro atoms. The summed E-state index contributed by atoms with van der Waals surface area (Å²) in [4.78, 5) is 7.27. The lowest BCUT2D eigenvalue weighted by Crippen LogP contribution is -2.46. The number of hydrogen-bond donors (Lipinski definition) is 2. The number of rotatable bonds is 1. The van der Waals surface area contributed by atoms with Gasteiger partial charge in [0.25, 0.3) is 0 Å². The zero-order valence-corrected chi connectivity index (χ0v) is 11.4. The third-order valence-electron chi connectivity index (χ3n) is 3.63. The molecular weight excluding hydrogens is 212 g/mol.